The Balaban J connectivity index is 1.54. The maximum atomic E-state index is 12.3. The van der Waals surface area contributed by atoms with E-state index in [0.29, 0.717) is 12.8 Å². The second-order valence-corrected chi connectivity index (χ2v) is 6.85. The molecule has 0 aromatic heterocycles. The van der Waals surface area contributed by atoms with E-state index in [2.05, 4.69) is 29.6 Å². The highest BCUT2D eigenvalue weighted by molar-refractivity contribution is 5.80. The summed E-state index contributed by atoms with van der Waals surface area (Å²) in [6, 6.07) is 18.3. The number of carbonyl (C=O) groups is 2. The van der Waals surface area contributed by atoms with Crippen LogP contribution in [0.3, 0.4) is 0 Å². The number of carbonyl (C=O) groups excluding carboxylic acids is 1. The van der Waals surface area contributed by atoms with Crippen LogP contribution < -0.4 is 5.32 Å². The van der Waals surface area contributed by atoms with Crippen LogP contribution in [0.25, 0.3) is 11.1 Å². The highest BCUT2D eigenvalue weighted by Gasteiger charge is 2.35. The summed E-state index contributed by atoms with van der Waals surface area (Å²) in [5.74, 6) is -0.652. The minimum Gasteiger partial charge on any atom is -0.481 e. The third-order valence-electron chi connectivity index (χ3n) is 4.95. The van der Waals surface area contributed by atoms with Gasteiger partial charge in [0.25, 0.3) is 0 Å². The molecule has 3 rings (SSSR count). The fraction of sp³-hybridized carbons (Fsp3) is 0.333. The largest absolute Gasteiger partial charge is 0.481 e. The van der Waals surface area contributed by atoms with Crippen LogP contribution in [-0.2, 0) is 9.59 Å². The maximum Gasteiger partial charge on any atom is 0.303 e. The zero-order chi connectivity index (χ0) is 17.8. The molecule has 0 spiro atoms. The van der Waals surface area contributed by atoms with Gasteiger partial charge in [0.05, 0.1) is 6.04 Å². The zero-order valence-corrected chi connectivity index (χ0v) is 14.3. The quantitative estimate of drug-likeness (QED) is 0.836. The Bertz CT molecular complexity index is 733. The number of hydrogen-bond acceptors (Lipinski definition) is 2. The molecule has 0 aliphatic heterocycles. The normalized spacial score (nSPS) is 20.4. The van der Waals surface area contributed by atoms with Crippen LogP contribution in [0.1, 0.15) is 37.8 Å². The topological polar surface area (TPSA) is 66.4 Å². The van der Waals surface area contributed by atoms with Gasteiger partial charge in [-0.05, 0) is 42.4 Å². The number of carboxylic acid groups (broad SMARTS) is 1. The van der Waals surface area contributed by atoms with Crippen molar-refractivity contribution in [2.45, 2.75) is 32.2 Å². The lowest BCUT2D eigenvalue weighted by Crippen LogP contribution is -2.40. The second-order valence-electron chi connectivity index (χ2n) is 6.85. The van der Waals surface area contributed by atoms with E-state index < -0.39 is 5.97 Å². The van der Waals surface area contributed by atoms with Crippen molar-refractivity contribution in [3.63, 3.8) is 0 Å². The Morgan fingerprint density at radius 2 is 1.64 bits per heavy atom. The first-order chi connectivity index (χ1) is 12.0. The maximum absolute atomic E-state index is 12.3. The molecule has 1 fully saturated rings. The van der Waals surface area contributed by atoms with Crippen LogP contribution in [0.4, 0.5) is 0 Å². The Hall–Kier alpha value is -2.62. The monoisotopic (exact) mass is 337 g/mol. The summed E-state index contributed by atoms with van der Waals surface area (Å²) in [6.07, 6.45) is 1.52. The summed E-state index contributed by atoms with van der Waals surface area (Å²) < 4.78 is 0. The summed E-state index contributed by atoms with van der Waals surface area (Å²) in [5, 5.41) is 11.8. The van der Waals surface area contributed by atoms with Crippen molar-refractivity contribution >= 4 is 11.9 Å². The van der Waals surface area contributed by atoms with Gasteiger partial charge in [-0.15, -0.1) is 0 Å². The molecule has 1 aliphatic carbocycles. The molecule has 2 aromatic rings. The smallest absolute Gasteiger partial charge is 0.303 e. The zero-order valence-electron chi connectivity index (χ0n) is 14.3. The first kappa shape index (κ1) is 17.2. The molecule has 0 heterocycles. The first-order valence-corrected chi connectivity index (χ1v) is 8.70. The van der Waals surface area contributed by atoms with Crippen LogP contribution >= 0.6 is 0 Å². The van der Waals surface area contributed by atoms with Gasteiger partial charge in [-0.2, -0.15) is 0 Å². The highest BCUT2D eigenvalue weighted by Crippen LogP contribution is 2.36. The summed E-state index contributed by atoms with van der Waals surface area (Å²) in [5.41, 5.74) is 3.39. The van der Waals surface area contributed by atoms with Crippen LogP contribution in [0, 0.1) is 11.8 Å². The number of carboxylic acids is 1. The Kier molecular flexibility index (Phi) is 5.17. The number of hydrogen-bond donors (Lipinski definition) is 2. The average molecular weight is 337 g/mol. The van der Waals surface area contributed by atoms with E-state index in [1.54, 1.807) is 0 Å². The molecular formula is C21H23NO3. The van der Waals surface area contributed by atoms with Crippen molar-refractivity contribution in [3.8, 4) is 11.1 Å². The minimum absolute atomic E-state index is 0.0290. The van der Waals surface area contributed by atoms with E-state index >= 15 is 0 Å². The molecule has 1 aliphatic rings. The number of aliphatic carboxylic acids is 1. The third kappa shape index (κ3) is 4.27. The molecule has 4 nitrogen and oxygen atoms in total. The highest BCUT2D eigenvalue weighted by atomic mass is 16.4. The Morgan fingerprint density at radius 1 is 1.04 bits per heavy atom. The van der Waals surface area contributed by atoms with Gasteiger partial charge >= 0.3 is 5.97 Å². The molecule has 1 unspecified atom stereocenters. The molecule has 1 amide bonds. The van der Waals surface area contributed by atoms with E-state index in [1.165, 1.54) is 5.56 Å². The summed E-state index contributed by atoms with van der Waals surface area (Å²) in [4.78, 5) is 22.9. The molecule has 1 atom stereocenters. The lowest BCUT2D eigenvalue weighted by atomic mass is 9.72. The van der Waals surface area contributed by atoms with Crippen LogP contribution in [-0.4, -0.2) is 17.0 Å². The van der Waals surface area contributed by atoms with E-state index in [-0.39, 0.29) is 30.2 Å². The van der Waals surface area contributed by atoms with Gasteiger partial charge in [0, 0.05) is 12.3 Å². The van der Waals surface area contributed by atoms with Crippen LogP contribution in [0.2, 0.25) is 0 Å². The average Bonchev–Trinajstić information content (AvgIpc) is 2.58. The van der Waals surface area contributed by atoms with E-state index in [4.69, 9.17) is 5.11 Å². The van der Waals surface area contributed by atoms with Crippen LogP contribution in [0.15, 0.2) is 54.6 Å². The van der Waals surface area contributed by atoms with Gasteiger partial charge in [0.1, 0.15) is 0 Å². The molecule has 4 heteroatoms. The fourth-order valence-electron chi connectivity index (χ4n) is 3.37. The molecular weight excluding hydrogens is 314 g/mol. The Labute approximate surface area is 147 Å². The molecule has 25 heavy (non-hydrogen) atoms. The van der Waals surface area contributed by atoms with Crippen molar-refractivity contribution in [2.24, 2.45) is 11.8 Å². The molecule has 1 saturated carbocycles. The van der Waals surface area contributed by atoms with Gasteiger partial charge in [-0.1, -0.05) is 54.6 Å². The van der Waals surface area contributed by atoms with E-state index in [0.717, 1.165) is 11.1 Å². The van der Waals surface area contributed by atoms with Gasteiger partial charge in [0.2, 0.25) is 5.91 Å². The molecule has 0 radical (unpaired) electrons. The predicted octanol–water partition coefficient (Wildman–Crippen LogP) is 4.03. The van der Waals surface area contributed by atoms with Gasteiger partial charge < -0.3 is 10.4 Å². The second kappa shape index (κ2) is 7.51. The van der Waals surface area contributed by atoms with Gasteiger partial charge in [-0.25, -0.2) is 0 Å². The lowest BCUT2D eigenvalue weighted by Gasteiger charge is -2.34. The summed E-state index contributed by atoms with van der Waals surface area (Å²) >= 11 is 0. The molecule has 0 bridgehead atoms. The third-order valence-corrected chi connectivity index (χ3v) is 4.95. The standard InChI is InChI=1S/C21H23NO3/c1-14(22-21(25)19-11-15(12-19)13-20(23)24)16-7-9-18(10-8-16)17-5-3-2-4-6-17/h2-10,14-15,19H,11-13H2,1H3,(H,22,25)(H,23,24). The van der Waals surface area contributed by atoms with E-state index in [9.17, 15) is 9.59 Å². The van der Waals surface area contributed by atoms with Gasteiger partial charge in [0.15, 0.2) is 0 Å². The van der Waals surface area contributed by atoms with Gasteiger partial charge in [-0.3, -0.25) is 9.59 Å². The molecule has 2 aromatic carbocycles. The molecule has 0 saturated heterocycles. The lowest BCUT2D eigenvalue weighted by molar-refractivity contribution is -0.141. The van der Waals surface area contributed by atoms with Crippen molar-refractivity contribution in [2.75, 3.05) is 0 Å². The first-order valence-electron chi connectivity index (χ1n) is 8.70. The number of benzene rings is 2. The Morgan fingerprint density at radius 3 is 2.24 bits per heavy atom. The summed E-state index contributed by atoms with van der Waals surface area (Å²) in [6.45, 7) is 1.98. The predicted molar refractivity (Wildman–Crippen MR) is 96.9 cm³/mol. The van der Waals surface area contributed by atoms with Crippen molar-refractivity contribution in [3.05, 3.63) is 60.2 Å². The number of rotatable bonds is 6. The number of amides is 1. The molecule has 2 N–H and O–H groups in total. The van der Waals surface area contributed by atoms with E-state index in [1.807, 2.05) is 37.3 Å². The van der Waals surface area contributed by atoms with Crippen molar-refractivity contribution < 1.29 is 14.7 Å². The van der Waals surface area contributed by atoms with Crippen LogP contribution in [0.5, 0.6) is 0 Å². The minimum atomic E-state index is -0.782. The summed E-state index contributed by atoms with van der Waals surface area (Å²) in [7, 11) is 0. The fourth-order valence-corrected chi connectivity index (χ4v) is 3.37. The SMILES string of the molecule is CC(NC(=O)C1CC(CC(=O)O)C1)c1ccc(-c2ccccc2)cc1. The van der Waals surface area contributed by atoms with Crippen molar-refractivity contribution in [1.29, 1.82) is 0 Å². The number of nitrogens with one attached hydrogen (secondary N) is 1. The molecule has 130 valence electrons. The van der Waals surface area contributed by atoms with Crippen molar-refractivity contribution in [1.82, 2.24) is 5.32 Å².